The summed E-state index contributed by atoms with van der Waals surface area (Å²) in [5.41, 5.74) is 0. The molecule has 0 aliphatic carbocycles. The maximum absolute atomic E-state index is 8.63. The molecule has 7 heavy (non-hydrogen) atoms. The Bertz CT molecular complexity index is 92.9. The molecule has 0 atom stereocenters. The molecular formula is Fr2MoO4. The summed E-state index contributed by atoms with van der Waals surface area (Å²) in [4.78, 5) is 0. The van der Waals surface area contributed by atoms with Gasteiger partial charge in [-0.2, -0.15) is 0 Å². The van der Waals surface area contributed by atoms with Crippen molar-refractivity contribution in [2.75, 3.05) is 0 Å². The van der Waals surface area contributed by atoms with Crippen molar-refractivity contribution < 1.29 is 131 Å². The van der Waals surface area contributed by atoms with Gasteiger partial charge >= 0.3 is 131 Å². The van der Waals surface area contributed by atoms with Gasteiger partial charge in [0.1, 0.15) is 0 Å². The molecule has 0 rings (SSSR count). The molecule has 32 valence electrons. The van der Waals surface area contributed by atoms with Gasteiger partial charge in [-0.3, -0.25) is 0 Å². The van der Waals surface area contributed by atoms with E-state index in [1.165, 1.54) is 0 Å². The van der Waals surface area contributed by atoms with Crippen molar-refractivity contribution >= 4 is 0 Å². The maximum atomic E-state index is 8.63. The van der Waals surface area contributed by atoms with Crippen LogP contribution in [0.2, 0.25) is 0 Å². The molecule has 0 aromatic rings. The van der Waals surface area contributed by atoms with Gasteiger partial charge < -0.3 is 0 Å². The first-order valence-corrected chi connectivity index (χ1v) is 3.94. The fourth-order valence-electron chi connectivity index (χ4n) is 0. The van der Waals surface area contributed by atoms with Crippen LogP contribution in [0.25, 0.3) is 0 Å². The van der Waals surface area contributed by atoms with Crippen LogP contribution in [0.15, 0.2) is 0 Å². The summed E-state index contributed by atoms with van der Waals surface area (Å²) in [6, 6.07) is 0. The van der Waals surface area contributed by atoms with E-state index in [0.717, 1.165) is 0 Å². The van der Waals surface area contributed by atoms with Crippen LogP contribution >= 0.6 is 0 Å². The number of rotatable bonds is 0. The molecule has 0 N–H and O–H groups in total. The monoisotopic (exact) mass is 608 g/mol. The number of hydrogen-bond donors (Lipinski definition) is 0. The van der Waals surface area contributed by atoms with Crippen LogP contribution in [0.3, 0.4) is 0 Å². The van der Waals surface area contributed by atoms with Gasteiger partial charge in [0.25, 0.3) is 0 Å². The van der Waals surface area contributed by atoms with Crippen molar-refractivity contribution in [1.29, 1.82) is 0 Å². The first-order valence-electron chi connectivity index (χ1n) is 0.667. The number of hydrogen-bond acceptors (Lipinski definition) is 4. The van der Waals surface area contributed by atoms with E-state index in [4.69, 9.17) is 14.3 Å². The third-order valence-corrected chi connectivity index (χ3v) is 0. The van der Waals surface area contributed by atoms with Crippen LogP contribution in [-0.4, -0.2) is 0 Å². The van der Waals surface area contributed by atoms with Gasteiger partial charge in [-0.05, 0) is 0 Å². The fraction of sp³-hybridized carbons (Fsp3) is 0. The Labute approximate surface area is 127 Å². The molecule has 0 saturated carbocycles. The Kier molecular flexibility index (Phi) is 18.0. The molecule has 0 saturated heterocycles. The van der Waals surface area contributed by atoms with E-state index in [1.807, 2.05) is 0 Å². The Morgan fingerprint density at radius 1 is 1.00 bits per heavy atom. The summed E-state index contributed by atoms with van der Waals surface area (Å²) >= 11 is -6.02. The third kappa shape index (κ3) is 44.5. The average Bonchev–Trinajstić information content (AvgIpc) is 0.722. The van der Waals surface area contributed by atoms with Gasteiger partial charge in [0.2, 0.25) is 0 Å². The van der Waals surface area contributed by atoms with E-state index in [9.17, 15) is 0 Å². The van der Waals surface area contributed by atoms with E-state index in [-0.39, 0.29) is 99.7 Å². The van der Waals surface area contributed by atoms with E-state index < -0.39 is 16.7 Å². The Hall–Kier alpha value is 3.40. The quantitative estimate of drug-likeness (QED) is 0.284. The minimum atomic E-state index is -6.02. The van der Waals surface area contributed by atoms with Crippen LogP contribution in [0.4, 0.5) is 0 Å². The molecule has 0 bridgehead atoms. The summed E-state index contributed by atoms with van der Waals surface area (Å²) in [5.74, 6) is 0. The molecule has 4 nitrogen and oxygen atoms in total. The molecule has 0 fully saturated rings. The Morgan fingerprint density at radius 2 is 1.00 bits per heavy atom. The first-order chi connectivity index (χ1) is 2.00. The zero-order valence-electron chi connectivity index (χ0n) is 4.04. The Balaban J connectivity index is -0.0000000800. The molecule has 0 amide bonds. The Morgan fingerprint density at radius 3 is 1.00 bits per heavy atom. The van der Waals surface area contributed by atoms with Crippen LogP contribution in [0.1, 0.15) is 0 Å². The van der Waals surface area contributed by atoms with Crippen molar-refractivity contribution in [2.24, 2.45) is 0 Å². The van der Waals surface area contributed by atoms with E-state index in [2.05, 4.69) is 0 Å². The normalized spacial score (nSPS) is 8.29. The standard InChI is InChI=1S/2Fr.Mo.4O/q2*+1;;;;2*-1. The van der Waals surface area contributed by atoms with Crippen molar-refractivity contribution in [1.82, 2.24) is 0 Å². The van der Waals surface area contributed by atoms with Crippen molar-refractivity contribution in [3.8, 4) is 0 Å². The van der Waals surface area contributed by atoms with Crippen LogP contribution in [0.5, 0.6) is 0 Å². The van der Waals surface area contributed by atoms with Crippen molar-refractivity contribution in [3.05, 3.63) is 0 Å². The van der Waals surface area contributed by atoms with Gasteiger partial charge in [0.15, 0.2) is 0 Å². The molecule has 0 spiro atoms. The van der Waals surface area contributed by atoms with E-state index in [1.54, 1.807) is 0 Å². The van der Waals surface area contributed by atoms with Crippen molar-refractivity contribution in [3.63, 3.8) is 0 Å². The van der Waals surface area contributed by atoms with Crippen molar-refractivity contribution in [2.45, 2.75) is 0 Å². The van der Waals surface area contributed by atoms with Crippen LogP contribution < -0.4 is 7.52 Å². The molecule has 0 aromatic heterocycles. The molecule has 0 unspecified atom stereocenters. The second-order valence-corrected chi connectivity index (χ2v) is 2.42. The SMILES string of the molecule is [Fr+].[Fr+].[O]=[Mo](=[O])([O-])[O-]. The topological polar surface area (TPSA) is 80.3 Å². The van der Waals surface area contributed by atoms with Gasteiger partial charge in [0, 0.05) is 0 Å². The van der Waals surface area contributed by atoms with Gasteiger partial charge in [-0.1, -0.05) is 0 Å². The summed E-state index contributed by atoms with van der Waals surface area (Å²) in [5, 5.41) is 0. The first kappa shape index (κ1) is 16.8. The van der Waals surface area contributed by atoms with E-state index in [0.29, 0.717) is 0 Å². The summed E-state index contributed by atoms with van der Waals surface area (Å²) in [6.45, 7) is 0. The van der Waals surface area contributed by atoms with E-state index >= 15 is 0 Å². The zero-order chi connectivity index (χ0) is 4.50. The molecule has 0 aromatic carbocycles. The van der Waals surface area contributed by atoms with Crippen LogP contribution in [0, 0.1) is 99.7 Å². The molecular weight excluding hydrogens is 606 g/mol. The molecule has 0 aliphatic rings. The van der Waals surface area contributed by atoms with Crippen LogP contribution in [-0.2, 0) is 23.5 Å². The summed E-state index contributed by atoms with van der Waals surface area (Å²) in [6.07, 6.45) is 0. The average molecular weight is 606 g/mol. The third-order valence-electron chi connectivity index (χ3n) is 0. The molecule has 7 heteroatoms. The predicted molar refractivity (Wildman–Crippen MR) is 1.37 cm³/mol. The fourth-order valence-corrected chi connectivity index (χ4v) is 0. The second-order valence-electron chi connectivity index (χ2n) is 0.408. The van der Waals surface area contributed by atoms with Gasteiger partial charge in [-0.15, -0.1) is 0 Å². The summed E-state index contributed by atoms with van der Waals surface area (Å²) < 4.78 is 34.5. The molecule has 0 radical (unpaired) electrons. The molecule has 0 heterocycles. The second kappa shape index (κ2) is 7.51. The van der Waals surface area contributed by atoms with Gasteiger partial charge in [-0.25, -0.2) is 0 Å². The predicted octanol–water partition coefficient (Wildman–Crippen LogP) is -2.62. The zero-order valence-corrected chi connectivity index (χ0v) is 22.5. The minimum absolute atomic E-state index is 0. The van der Waals surface area contributed by atoms with Gasteiger partial charge in [0.05, 0.1) is 0 Å². The molecule has 0 aliphatic heterocycles. The summed E-state index contributed by atoms with van der Waals surface area (Å²) in [7, 11) is 0.